The second-order valence-electron chi connectivity index (χ2n) is 7.28. The second kappa shape index (κ2) is 8.50. The summed E-state index contributed by atoms with van der Waals surface area (Å²) in [6.45, 7) is 12.0. The number of benzene rings is 1. The van der Waals surface area contributed by atoms with E-state index in [1.165, 1.54) is 0 Å². The molecule has 26 heavy (non-hydrogen) atoms. The van der Waals surface area contributed by atoms with Gasteiger partial charge in [-0.25, -0.2) is 8.42 Å². The molecule has 1 N–H and O–H groups in total. The first kappa shape index (κ1) is 20.9. The molecular formula is C19H31N3O3S. The zero-order chi connectivity index (χ0) is 19.5. The molecule has 1 amide bonds. The maximum atomic E-state index is 13.1. The Kier molecular flexibility index (Phi) is 6.82. The van der Waals surface area contributed by atoms with Crippen LogP contribution in [0.5, 0.6) is 0 Å². The van der Waals surface area contributed by atoms with E-state index in [4.69, 9.17) is 0 Å². The Bertz CT molecular complexity index is 730. The van der Waals surface area contributed by atoms with E-state index in [2.05, 4.69) is 5.32 Å². The molecular weight excluding hydrogens is 350 g/mol. The minimum absolute atomic E-state index is 0.000815. The van der Waals surface area contributed by atoms with Crippen molar-refractivity contribution in [1.82, 2.24) is 14.5 Å². The molecule has 1 aromatic rings. The largest absolute Gasteiger partial charge is 0.353 e. The minimum atomic E-state index is -3.51. The monoisotopic (exact) mass is 381 g/mol. The molecule has 0 bridgehead atoms. The van der Waals surface area contributed by atoms with Gasteiger partial charge in [0.1, 0.15) is 0 Å². The number of carbonyl (C=O) groups excluding carboxylic acids is 1. The Morgan fingerprint density at radius 3 is 2.15 bits per heavy atom. The van der Waals surface area contributed by atoms with Crippen molar-refractivity contribution in [2.24, 2.45) is 0 Å². The molecule has 0 saturated carbocycles. The van der Waals surface area contributed by atoms with Crippen LogP contribution in [0, 0.1) is 20.8 Å². The van der Waals surface area contributed by atoms with Crippen molar-refractivity contribution >= 4 is 15.9 Å². The lowest BCUT2D eigenvalue weighted by Gasteiger charge is -2.34. The number of piperazine rings is 1. The molecule has 0 spiro atoms. The standard InChI is InChI=1S/C19H31N3O3S/c1-6-17(5)20-18(23)13-21-7-9-22(10-8-21)26(24,25)19-15(3)11-14(2)12-16(19)4/h11-12,17H,6-10,13H2,1-5H3,(H,20,23)/t17-/m1/s1. The number of hydrogen-bond donors (Lipinski definition) is 1. The van der Waals surface area contributed by atoms with E-state index in [1.807, 2.05) is 51.7 Å². The zero-order valence-electron chi connectivity index (χ0n) is 16.5. The summed E-state index contributed by atoms with van der Waals surface area (Å²) in [7, 11) is -3.51. The maximum Gasteiger partial charge on any atom is 0.243 e. The summed E-state index contributed by atoms with van der Waals surface area (Å²) in [6.07, 6.45) is 0.896. The Labute approximate surface area is 157 Å². The predicted octanol–water partition coefficient (Wildman–Crippen LogP) is 1.83. The summed E-state index contributed by atoms with van der Waals surface area (Å²) in [4.78, 5) is 14.5. The van der Waals surface area contributed by atoms with E-state index in [0.717, 1.165) is 23.1 Å². The van der Waals surface area contributed by atoms with E-state index < -0.39 is 10.0 Å². The highest BCUT2D eigenvalue weighted by molar-refractivity contribution is 7.89. The Hall–Kier alpha value is -1.44. The van der Waals surface area contributed by atoms with Crippen LogP contribution in [-0.4, -0.2) is 62.3 Å². The number of nitrogens with one attached hydrogen (secondary N) is 1. The third-order valence-electron chi connectivity index (χ3n) is 4.92. The number of sulfonamides is 1. The van der Waals surface area contributed by atoms with Gasteiger partial charge in [-0.2, -0.15) is 4.31 Å². The van der Waals surface area contributed by atoms with Crippen molar-refractivity contribution in [2.75, 3.05) is 32.7 Å². The van der Waals surface area contributed by atoms with Crippen molar-refractivity contribution in [2.45, 2.75) is 52.0 Å². The van der Waals surface area contributed by atoms with Crippen LogP contribution in [0.4, 0.5) is 0 Å². The number of hydrogen-bond acceptors (Lipinski definition) is 4. The molecule has 1 atom stereocenters. The molecule has 1 fully saturated rings. The number of carbonyl (C=O) groups is 1. The van der Waals surface area contributed by atoms with Crippen molar-refractivity contribution in [3.05, 3.63) is 28.8 Å². The first-order valence-electron chi connectivity index (χ1n) is 9.24. The Morgan fingerprint density at radius 2 is 1.65 bits per heavy atom. The summed E-state index contributed by atoms with van der Waals surface area (Å²) < 4.78 is 27.7. The van der Waals surface area contributed by atoms with Crippen molar-refractivity contribution < 1.29 is 13.2 Å². The highest BCUT2D eigenvalue weighted by atomic mass is 32.2. The van der Waals surface area contributed by atoms with Gasteiger partial charge in [0.25, 0.3) is 0 Å². The van der Waals surface area contributed by atoms with Crippen LogP contribution in [0.25, 0.3) is 0 Å². The van der Waals surface area contributed by atoms with Crippen LogP contribution in [0.15, 0.2) is 17.0 Å². The molecule has 1 saturated heterocycles. The quantitative estimate of drug-likeness (QED) is 0.816. The van der Waals surface area contributed by atoms with Crippen LogP contribution in [-0.2, 0) is 14.8 Å². The number of amides is 1. The van der Waals surface area contributed by atoms with E-state index in [0.29, 0.717) is 37.6 Å². The molecule has 0 aromatic heterocycles. The lowest BCUT2D eigenvalue weighted by molar-refractivity contribution is -0.123. The lowest BCUT2D eigenvalue weighted by atomic mass is 10.1. The lowest BCUT2D eigenvalue weighted by Crippen LogP contribution is -2.51. The highest BCUT2D eigenvalue weighted by Gasteiger charge is 2.31. The first-order chi connectivity index (χ1) is 12.1. The molecule has 1 aliphatic rings. The van der Waals surface area contributed by atoms with Crippen LogP contribution < -0.4 is 5.32 Å². The van der Waals surface area contributed by atoms with Crippen LogP contribution in [0.2, 0.25) is 0 Å². The topological polar surface area (TPSA) is 69.7 Å². The highest BCUT2D eigenvalue weighted by Crippen LogP contribution is 2.26. The second-order valence-corrected chi connectivity index (χ2v) is 9.16. The Balaban J connectivity index is 2.02. The SMILES string of the molecule is CC[C@@H](C)NC(=O)CN1CCN(S(=O)(=O)c2c(C)cc(C)cc2C)CC1. The van der Waals surface area contributed by atoms with E-state index in [1.54, 1.807) is 4.31 Å². The molecule has 1 aliphatic heterocycles. The molecule has 1 aromatic carbocycles. The molecule has 146 valence electrons. The van der Waals surface area contributed by atoms with Gasteiger partial charge in [-0.1, -0.05) is 24.6 Å². The third-order valence-corrected chi connectivity index (χ3v) is 7.13. The van der Waals surface area contributed by atoms with Gasteiger partial charge in [0, 0.05) is 32.2 Å². The summed E-state index contributed by atoms with van der Waals surface area (Å²) in [5.41, 5.74) is 2.65. The van der Waals surface area contributed by atoms with E-state index in [9.17, 15) is 13.2 Å². The van der Waals surface area contributed by atoms with E-state index >= 15 is 0 Å². The average molecular weight is 382 g/mol. The van der Waals surface area contributed by atoms with Crippen LogP contribution in [0.3, 0.4) is 0 Å². The van der Waals surface area contributed by atoms with Crippen molar-refractivity contribution in [1.29, 1.82) is 0 Å². The smallest absolute Gasteiger partial charge is 0.243 e. The Morgan fingerprint density at radius 1 is 1.12 bits per heavy atom. The number of nitrogens with zero attached hydrogens (tertiary/aromatic N) is 2. The number of rotatable bonds is 6. The molecule has 6 nitrogen and oxygen atoms in total. The fourth-order valence-electron chi connectivity index (χ4n) is 3.46. The van der Waals surface area contributed by atoms with Gasteiger partial charge >= 0.3 is 0 Å². The van der Waals surface area contributed by atoms with Gasteiger partial charge in [-0.05, 0) is 45.2 Å². The van der Waals surface area contributed by atoms with Gasteiger partial charge in [0.05, 0.1) is 11.4 Å². The van der Waals surface area contributed by atoms with Gasteiger partial charge in [0.15, 0.2) is 0 Å². The normalized spacial score (nSPS) is 17.9. The van der Waals surface area contributed by atoms with Crippen molar-refractivity contribution in [3.63, 3.8) is 0 Å². The van der Waals surface area contributed by atoms with E-state index in [-0.39, 0.29) is 11.9 Å². The summed E-state index contributed by atoms with van der Waals surface area (Å²) in [5, 5.41) is 2.95. The molecule has 0 aliphatic carbocycles. The molecule has 0 radical (unpaired) electrons. The maximum absolute atomic E-state index is 13.1. The summed E-state index contributed by atoms with van der Waals surface area (Å²) >= 11 is 0. The van der Waals surface area contributed by atoms with Crippen molar-refractivity contribution in [3.8, 4) is 0 Å². The minimum Gasteiger partial charge on any atom is -0.353 e. The van der Waals surface area contributed by atoms with Crippen LogP contribution >= 0.6 is 0 Å². The number of aryl methyl sites for hydroxylation is 3. The molecule has 7 heteroatoms. The van der Waals surface area contributed by atoms with Gasteiger partial charge in [0.2, 0.25) is 15.9 Å². The third kappa shape index (κ3) is 4.84. The average Bonchev–Trinajstić information content (AvgIpc) is 2.53. The van der Waals surface area contributed by atoms with Crippen LogP contribution in [0.1, 0.15) is 37.0 Å². The van der Waals surface area contributed by atoms with Gasteiger partial charge < -0.3 is 5.32 Å². The zero-order valence-corrected chi connectivity index (χ0v) is 17.3. The summed E-state index contributed by atoms with van der Waals surface area (Å²) in [6, 6.07) is 3.99. The fraction of sp³-hybridized carbons (Fsp3) is 0.632. The molecule has 1 heterocycles. The molecule has 2 rings (SSSR count). The summed E-state index contributed by atoms with van der Waals surface area (Å²) in [5.74, 6) is 0.000815. The van der Waals surface area contributed by atoms with Gasteiger partial charge in [-0.3, -0.25) is 9.69 Å². The fourth-order valence-corrected chi connectivity index (χ4v) is 5.29. The first-order valence-corrected chi connectivity index (χ1v) is 10.7. The van der Waals surface area contributed by atoms with Gasteiger partial charge in [-0.15, -0.1) is 0 Å². The molecule has 0 unspecified atom stereocenters. The predicted molar refractivity (Wildman–Crippen MR) is 104 cm³/mol.